The summed E-state index contributed by atoms with van der Waals surface area (Å²) in [5, 5.41) is 10.8. The van der Waals surface area contributed by atoms with Gasteiger partial charge >= 0.3 is 0 Å². The first kappa shape index (κ1) is 14.5. The average Bonchev–Trinajstić information content (AvgIpc) is 2.47. The molecule has 1 fully saturated rings. The Labute approximate surface area is 118 Å². The second-order valence-corrected chi connectivity index (χ2v) is 5.20. The van der Waals surface area contributed by atoms with E-state index in [1.807, 2.05) is 0 Å². The molecule has 0 aliphatic heterocycles. The molecule has 1 aromatic carbocycles. The maximum absolute atomic E-state index is 10.9. The van der Waals surface area contributed by atoms with E-state index >= 15 is 0 Å². The summed E-state index contributed by atoms with van der Waals surface area (Å²) in [7, 11) is 0. The molecular formula is C15H19NO4. The molecule has 0 aromatic heterocycles. The lowest BCUT2D eigenvalue weighted by molar-refractivity contribution is -0.385. The number of aldehydes is 1. The summed E-state index contributed by atoms with van der Waals surface area (Å²) in [6.07, 6.45) is 6.27. The van der Waals surface area contributed by atoms with Gasteiger partial charge in [0.1, 0.15) is 11.9 Å². The first-order chi connectivity index (χ1) is 9.65. The van der Waals surface area contributed by atoms with E-state index in [0.717, 1.165) is 25.7 Å². The Morgan fingerprint density at radius 3 is 2.80 bits per heavy atom. The zero-order valence-electron chi connectivity index (χ0n) is 11.6. The molecule has 0 saturated heterocycles. The molecule has 0 N–H and O–H groups in total. The van der Waals surface area contributed by atoms with Crippen molar-refractivity contribution in [3.8, 4) is 5.75 Å². The fourth-order valence-corrected chi connectivity index (χ4v) is 2.84. The number of nitrogens with zero attached hydrogens (tertiary/aromatic N) is 1. The standard InChI is InChI=1S/C15H19NO4/c1-2-11-5-3-4-6-15(11)20-13-7-8-14(16(18)19)12(9-13)10-17/h7-11,15H,2-6H2,1H3. The Morgan fingerprint density at radius 2 is 2.15 bits per heavy atom. The van der Waals surface area contributed by atoms with E-state index in [1.165, 1.54) is 18.6 Å². The van der Waals surface area contributed by atoms with Crippen LogP contribution in [0.5, 0.6) is 5.75 Å². The quantitative estimate of drug-likeness (QED) is 0.467. The number of nitro benzene ring substituents is 1. The van der Waals surface area contributed by atoms with Crippen LogP contribution in [0, 0.1) is 16.0 Å². The van der Waals surface area contributed by atoms with Crippen molar-refractivity contribution in [3.63, 3.8) is 0 Å². The number of carbonyl (C=O) groups is 1. The minimum atomic E-state index is -0.553. The van der Waals surface area contributed by atoms with Crippen LogP contribution in [0.1, 0.15) is 49.4 Å². The largest absolute Gasteiger partial charge is 0.490 e. The minimum absolute atomic E-state index is 0.0661. The van der Waals surface area contributed by atoms with Crippen molar-refractivity contribution >= 4 is 12.0 Å². The van der Waals surface area contributed by atoms with E-state index in [0.29, 0.717) is 18.0 Å². The maximum Gasteiger partial charge on any atom is 0.280 e. The molecule has 2 rings (SSSR count). The molecule has 5 nitrogen and oxygen atoms in total. The van der Waals surface area contributed by atoms with Crippen molar-refractivity contribution in [2.45, 2.75) is 45.1 Å². The molecule has 108 valence electrons. The number of hydrogen-bond donors (Lipinski definition) is 0. The summed E-state index contributed by atoms with van der Waals surface area (Å²) >= 11 is 0. The van der Waals surface area contributed by atoms with Gasteiger partial charge in [0.05, 0.1) is 10.5 Å². The van der Waals surface area contributed by atoms with E-state index in [4.69, 9.17) is 4.74 Å². The van der Waals surface area contributed by atoms with Crippen LogP contribution in [0.15, 0.2) is 18.2 Å². The predicted molar refractivity (Wildman–Crippen MR) is 75.1 cm³/mol. The summed E-state index contributed by atoms with van der Waals surface area (Å²) in [6.45, 7) is 2.15. The van der Waals surface area contributed by atoms with Crippen molar-refractivity contribution < 1.29 is 14.5 Å². The molecular weight excluding hydrogens is 258 g/mol. The highest BCUT2D eigenvalue weighted by Gasteiger charge is 2.25. The van der Waals surface area contributed by atoms with Gasteiger partial charge in [0.2, 0.25) is 0 Å². The summed E-state index contributed by atoms with van der Waals surface area (Å²) in [5.41, 5.74) is -0.112. The molecule has 0 bridgehead atoms. The van der Waals surface area contributed by atoms with Gasteiger partial charge in [-0.05, 0) is 43.7 Å². The highest BCUT2D eigenvalue weighted by Crippen LogP contribution is 2.31. The van der Waals surface area contributed by atoms with Gasteiger partial charge in [-0.1, -0.05) is 13.3 Å². The fraction of sp³-hybridized carbons (Fsp3) is 0.533. The highest BCUT2D eigenvalue weighted by molar-refractivity contribution is 5.82. The Morgan fingerprint density at radius 1 is 1.40 bits per heavy atom. The molecule has 0 spiro atoms. The van der Waals surface area contributed by atoms with E-state index in [2.05, 4.69) is 6.92 Å². The molecule has 0 heterocycles. The molecule has 20 heavy (non-hydrogen) atoms. The number of benzene rings is 1. The van der Waals surface area contributed by atoms with Gasteiger partial charge in [0.25, 0.3) is 5.69 Å². The van der Waals surface area contributed by atoms with E-state index in [-0.39, 0.29) is 17.4 Å². The Bertz CT molecular complexity index is 501. The number of rotatable bonds is 5. The van der Waals surface area contributed by atoms with Crippen LogP contribution in [-0.2, 0) is 0 Å². The van der Waals surface area contributed by atoms with E-state index < -0.39 is 4.92 Å². The second kappa shape index (κ2) is 6.50. The van der Waals surface area contributed by atoms with Crippen molar-refractivity contribution in [2.75, 3.05) is 0 Å². The topological polar surface area (TPSA) is 69.4 Å². The van der Waals surface area contributed by atoms with Crippen molar-refractivity contribution in [1.82, 2.24) is 0 Å². The Balaban J connectivity index is 2.16. The van der Waals surface area contributed by atoms with Crippen LogP contribution in [0.2, 0.25) is 0 Å². The number of carbonyl (C=O) groups excluding carboxylic acids is 1. The third-order valence-corrected chi connectivity index (χ3v) is 3.97. The zero-order chi connectivity index (χ0) is 14.5. The molecule has 2 atom stereocenters. The van der Waals surface area contributed by atoms with E-state index in [1.54, 1.807) is 6.07 Å². The lowest BCUT2D eigenvalue weighted by Crippen LogP contribution is -2.29. The van der Waals surface area contributed by atoms with Crippen LogP contribution in [0.25, 0.3) is 0 Å². The van der Waals surface area contributed by atoms with Crippen LogP contribution in [0.4, 0.5) is 5.69 Å². The van der Waals surface area contributed by atoms with Gasteiger partial charge in [-0.3, -0.25) is 14.9 Å². The molecule has 1 aliphatic rings. The number of nitro groups is 1. The summed E-state index contributed by atoms with van der Waals surface area (Å²) < 4.78 is 5.95. The number of hydrogen-bond acceptors (Lipinski definition) is 4. The Kier molecular flexibility index (Phi) is 4.71. The van der Waals surface area contributed by atoms with Crippen LogP contribution >= 0.6 is 0 Å². The zero-order valence-corrected chi connectivity index (χ0v) is 11.6. The van der Waals surface area contributed by atoms with Crippen molar-refractivity contribution in [3.05, 3.63) is 33.9 Å². The first-order valence-corrected chi connectivity index (χ1v) is 7.06. The van der Waals surface area contributed by atoms with Crippen LogP contribution in [-0.4, -0.2) is 17.3 Å². The van der Waals surface area contributed by atoms with Gasteiger partial charge < -0.3 is 4.74 Å². The summed E-state index contributed by atoms with van der Waals surface area (Å²) in [4.78, 5) is 21.2. The third-order valence-electron chi connectivity index (χ3n) is 3.97. The van der Waals surface area contributed by atoms with Gasteiger partial charge in [-0.2, -0.15) is 0 Å². The smallest absolute Gasteiger partial charge is 0.280 e. The molecule has 1 aliphatic carbocycles. The lowest BCUT2D eigenvalue weighted by Gasteiger charge is -2.31. The van der Waals surface area contributed by atoms with Gasteiger partial charge in [-0.15, -0.1) is 0 Å². The number of ether oxygens (including phenoxy) is 1. The summed E-state index contributed by atoms with van der Waals surface area (Å²) in [5.74, 6) is 1.07. The average molecular weight is 277 g/mol. The van der Waals surface area contributed by atoms with Crippen molar-refractivity contribution in [2.24, 2.45) is 5.92 Å². The minimum Gasteiger partial charge on any atom is -0.490 e. The monoisotopic (exact) mass is 277 g/mol. The van der Waals surface area contributed by atoms with E-state index in [9.17, 15) is 14.9 Å². The highest BCUT2D eigenvalue weighted by atomic mass is 16.6. The first-order valence-electron chi connectivity index (χ1n) is 7.06. The third kappa shape index (κ3) is 3.15. The normalized spacial score (nSPS) is 22.2. The molecule has 0 radical (unpaired) electrons. The Hall–Kier alpha value is -1.91. The summed E-state index contributed by atoms with van der Waals surface area (Å²) in [6, 6.07) is 4.38. The molecule has 5 heteroatoms. The molecule has 2 unspecified atom stereocenters. The predicted octanol–water partition coefficient (Wildman–Crippen LogP) is 3.75. The van der Waals surface area contributed by atoms with Crippen LogP contribution in [0.3, 0.4) is 0 Å². The van der Waals surface area contributed by atoms with Crippen molar-refractivity contribution in [1.29, 1.82) is 0 Å². The SMILES string of the molecule is CCC1CCCCC1Oc1ccc([N+](=O)[O-])c(C=O)c1. The second-order valence-electron chi connectivity index (χ2n) is 5.20. The van der Waals surface area contributed by atoms with Crippen LogP contribution < -0.4 is 4.74 Å². The molecule has 0 amide bonds. The van der Waals surface area contributed by atoms with Gasteiger partial charge in [0.15, 0.2) is 6.29 Å². The van der Waals surface area contributed by atoms with Gasteiger partial charge in [0, 0.05) is 6.07 Å². The maximum atomic E-state index is 10.9. The molecule has 1 saturated carbocycles. The lowest BCUT2D eigenvalue weighted by atomic mass is 9.85. The van der Waals surface area contributed by atoms with Gasteiger partial charge in [-0.25, -0.2) is 0 Å². The molecule has 1 aromatic rings. The fourth-order valence-electron chi connectivity index (χ4n) is 2.84.